The molecule has 2 nitrogen and oxygen atoms in total. The largest absolute Gasteiger partial charge is 0.278 e. The molecule has 0 aromatic heterocycles. The maximum Gasteiger partial charge on any atom is 0.247 e. The predicted molar refractivity (Wildman–Crippen MR) is 60.2 cm³/mol. The minimum atomic E-state index is 0.652. The lowest BCUT2D eigenvalue weighted by molar-refractivity contribution is -0.447. The topological polar surface area (TPSA) is 26.0 Å². The van der Waals surface area contributed by atoms with E-state index < -0.39 is 0 Å². The van der Waals surface area contributed by atoms with Crippen molar-refractivity contribution in [1.29, 1.82) is 0 Å². The Morgan fingerprint density at radius 1 is 1.21 bits per heavy atom. The Bertz CT molecular complexity index is 354. The van der Waals surface area contributed by atoms with Crippen molar-refractivity contribution in [2.24, 2.45) is 0 Å². The molecule has 1 heterocycles. The molecule has 1 aliphatic heterocycles. The first-order valence-corrected chi connectivity index (χ1v) is 5.34. The zero-order valence-electron chi connectivity index (χ0n) is 7.61. The molecule has 2 rings (SSSR count). The number of rotatable bonds is 1. The molecular weight excluding hydrogens is 219 g/mol. The molecule has 0 radical (unpaired) electrons. The second-order valence-corrected chi connectivity index (χ2v) is 4.04. The summed E-state index contributed by atoms with van der Waals surface area (Å²) in [6, 6.07) is 5.49. The summed E-state index contributed by atoms with van der Waals surface area (Å²) in [6.07, 6.45) is 2.19. The van der Waals surface area contributed by atoms with Crippen molar-refractivity contribution in [2.75, 3.05) is 11.9 Å². The van der Waals surface area contributed by atoms with Crippen molar-refractivity contribution in [3.8, 4) is 0 Å². The van der Waals surface area contributed by atoms with Gasteiger partial charge in [0.05, 0.1) is 23.0 Å². The Morgan fingerprint density at radius 3 is 2.50 bits per heavy atom. The SMILES string of the molecule is Clc1cccc(Cl)c1NC1=[NH+]CCC1. The van der Waals surface area contributed by atoms with Gasteiger partial charge in [-0.1, -0.05) is 29.3 Å². The minimum absolute atomic E-state index is 0.652. The van der Waals surface area contributed by atoms with Gasteiger partial charge in [-0.15, -0.1) is 0 Å². The van der Waals surface area contributed by atoms with E-state index in [9.17, 15) is 0 Å². The molecule has 0 atom stereocenters. The van der Waals surface area contributed by atoms with Gasteiger partial charge in [-0.2, -0.15) is 0 Å². The molecule has 1 aromatic rings. The van der Waals surface area contributed by atoms with Gasteiger partial charge >= 0.3 is 0 Å². The van der Waals surface area contributed by atoms with Crippen molar-refractivity contribution < 1.29 is 4.99 Å². The first kappa shape index (κ1) is 9.81. The maximum atomic E-state index is 6.02. The first-order chi connectivity index (χ1) is 6.77. The van der Waals surface area contributed by atoms with Gasteiger partial charge in [0.15, 0.2) is 5.69 Å². The molecule has 4 heteroatoms. The van der Waals surface area contributed by atoms with Crippen LogP contribution in [0.1, 0.15) is 12.8 Å². The molecule has 0 amide bonds. The molecule has 2 N–H and O–H groups in total. The fourth-order valence-corrected chi connectivity index (χ4v) is 1.96. The first-order valence-electron chi connectivity index (χ1n) is 4.58. The highest BCUT2D eigenvalue weighted by molar-refractivity contribution is 6.39. The number of hydrogen-bond acceptors (Lipinski definition) is 1. The average molecular weight is 230 g/mol. The maximum absolute atomic E-state index is 6.02. The second-order valence-electron chi connectivity index (χ2n) is 3.23. The van der Waals surface area contributed by atoms with Gasteiger partial charge in [0.1, 0.15) is 0 Å². The van der Waals surface area contributed by atoms with Crippen LogP contribution in [-0.4, -0.2) is 12.4 Å². The van der Waals surface area contributed by atoms with Crippen LogP contribution >= 0.6 is 23.2 Å². The van der Waals surface area contributed by atoms with Crippen LogP contribution in [0, 0.1) is 0 Å². The fourth-order valence-electron chi connectivity index (χ4n) is 1.47. The molecule has 0 unspecified atom stereocenters. The minimum Gasteiger partial charge on any atom is -0.278 e. The number of benzene rings is 1. The number of hydrogen-bond donors (Lipinski definition) is 2. The summed E-state index contributed by atoms with van der Waals surface area (Å²) >= 11 is 12.0. The third-order valence-electron chi connectivity index (χ3n) is 2.18. The van der Waals surface area contributed by atoms with Crippen LogP contribution in [0.2, 0.25) is 10.0 Å². The molecule has 0 fully saturated rings. The number of para-hydroxylation sites is 1. The van der Waals surface area contributed by atoms with Crippen molar-refractivity contribution in [1.82, 2.24) is 0 Å². The Kier molecular flexibility index (Phi) is 2.94. The highest BCUT2D eigenvalue weighted by atomic mass is 35.5. The van der Waals surface area contributed by atoms with Crippen LogP contribution in [0.5, 0.6) is 0 Å². The van der Waals surface area contributed by atoms with E-state index in [4.69, 9.17) is 23.2 Å². The van der Waals surface area contributed by atoms with Gasteiger partial charge in [-0.05, 0) is 18.6 Å². The lowest BCUT2D eigenvalue weighted by atomic mass is 10.3. The van der Waals surface area contributed by atoms with E-state index in [2.05, 4.69) is 10.3 Å². The number of anilines is 1. The normalized spacial score (nSPS) is 15.4. The predicted octanol–water partition coefficient (Wildman–Crippen LogP) is 1.68. The Morgan fingerprint density at radius 2 is 1.93 bits per heavy atom. The van der Waals surface area contributed by atoms with Crippen molar-refractivity contribution in [3.63, 3.8) is 0 Å². The average Bonchev–Trinajstić information content (AvgIpc) is 2.64. The van der Waals surface area contributed by atoms with E-state index in [1.165, 1.54) is 0 Å². The van der Waals surface area contributed by atoms with Gasteiger partial charge in [-0.25, -0.2) is 5.32 Å². The lowest BCUT2D eigenvalue weighted by Crippen LogP contribution is -2.71. The van der Waals surface area contributed by atoms with E-state index in [0.717, 1.165) is 30.9 Å². The molecule has 0 aliphatic carbocycles. The summed E-state index contributed by atoms with van der Waals surface area (Å²) in [5.41, 5.74) is 0.792. The van der Waals surface area contributed by atoms with Crippen LogP contribution in [-0.2, 0) is 0 Å². The van der Waals surface area contributed by atoms with Gasteiger partial charge < -0.3 is 0 Å². The van der Waals surface area contributed by atoms with Crippen LogP contribution < -0.4 is 10.3 Å². The summed E-state index contributed by atoms with van der Waals surface area (Å²) in [5, 5.41) is 4.52. The molecule has 74 valence electrons. The number of amidine groups is 1. The summed E-state index contributed by atoms with van der Waals surface area (Å²) in [4.78, 5) is 3.25. The highest BCUT2D eigenvalue weighted by Gasteiger charge is 2.16. The molecule has 0 bridgehead atoms. The van der Waals surface area contributed by atoms with E-state index >= 15 is 0 Å². The molecule has 0 saturated carbocycles. The standard InChI is InChI=1S/C10H10Cl2N2/c11-7-3-1-4-8(12)10(7)14-9-5-2-6-13-9/h1,3-4H,2,5-6H2,(H,13,14)/p+1. The van der Waals surface area contributed by atoms with Gasteiger partial charge in [0, 0.05) is 0 Å². The second kappa shape index (κ2) is 4.20. The van der Waals surface area contributed by atoms with Crippen LogP contribution in [0.3, 0.4) is 0 Å². The van der Waals surface area contributed by atoms with Crippen molar-refractivity contribution in [2.45, 2.75) is 12.8 Å². The van der Waals surface area contributed by atoms with E-state index in [0.29, 0.717) is 10.0 Å². The zero-order valence-corrected chi connectivity index (χ0v) is 9.12. The summed E-state index contributed by atoms with van der Waals surface area (Å²) in [5.74, 6) is 1.10. The molecule has 14 heavy (non-hydrogen) atoms. The van der Waals surface area contributed by atoms with Gasteiger partial charge in [0.2, 0.25) is 5.84 Å². The highest BCUT2D eigenvalue weighted by Crippen LogP contribution is 2.29. The van der Waals surface area contributed by atoms with Gasteiger partial charge in [0.25, 0.3) is 0 Å². The van der Waals surface area contributed by atoms with Crippen LogP contribution in [0.25, 0.3) is 0 Å². The molecule has 1 aliphatic rings. The van der Waals surface area contributed by atoms with Crippen LogP contribution in [0.4, 0.5) is 5.69 Å². The molecule has 1 aromatic carbocycles. The molecular formula is C10H11Cl2N2+. The summed E-state index contributed by atoms with van der Waals surface area (Å²) in [7, 11) is 0. The van der Waals surface area contributed by atoms with E-state index in [-0.39, 0.29) is 0 Å². The van der Waals surface area contributed by atoms with E-state index in [1.807, 2.05) is 18.2 Å². The van der Waals surface area contributed by atoms with Gasteiger partial charge in [-0.3, -0.25) is 4.99 Å². The summed E-state index contributed by atoms with van der Waals surface area (Å²) in [6.45, 7) is 1.02. The fraction of sp³-hybridized carbons (Fsp3) is 0.300. The number of halogens is 2. The zero-order chi connectivity index (χ0) is 9.97. The molecule has 0 spiro atoms. The third-order valence-corrected chi connectivity index (χ3v) is 2.81. The lowest BCUT2D eigenvalue weighted by Gasteiger charge is -2.02. The monoisotopic (exact) mass is 229 g/mol. The van der Waals surface area contributed by atoms with Crippen molar-refractivity contribution >= 4 is 34.7 Å². The smallest absolute Gasteiger partial charge is 0.247 e. The Balaban J connectivity index is 2.23. The van der Waals surface area contributed by atoms with E-state index in [1.54, 1.807) is 0 Å². The Labute approximate surface area is 92.9 Å². The van der Waals surface area contributed by atoms with Crippen LogP contribution in [0.15, 0.2) is 18.2 Å². The molecule has 0 saturated heterocycles. The Hall–Kier alpha value is -0.730. The van der Waals surface area contributed by atoms with Crippen molar-refractivity contribution in [3.05, 3.63) is 28.2 Å². The number of nitrogens with one attached hydrogen (secondary N) is 2. The quantitative estimate of drug-likeness (QED) is 0.754. The summed E-state index contributed by atoms with van der Waals surface area (Å²) < 4.78 is 0. The third kappa shape index (κ3) is 2.02.